The fraction of sp³-hybridized carbons (Fsp3) is 0.111. The van der Waals surface area contributed by atoms with Crippen LogP contribution in [0.25, 0.3) is 0 Å². The van der Waals surface area contributed by atoms with Gasteiger partial charge in [-0.3, -0.25) is 9.71 Å². The molecule has 2 heterocycles. The molecule has 0 fully saturated rings. The molecular formula is C18H16N2O4S3. The Kier molecular flexibility index (Phi) is 6.15. The van der Waals surface area contributed by atoms with Gasteiger partial charge >= 0.3 is 5.97 Å². The number of rotatable bonds is 7. The van der Waals surface area contributed by atoms with Crippen LogP contribution in [-0.2, 0) is 20.5 Å². The Hall–Kier alpha value is -2.36. The van der Waals surface area contributed by atoms with Crippen LogP contribution in [0, 0.1) is 0 Å². The minimum atomic E-state index is -3.88. The van der Waals surface area contributed by atoms with Crippen LogP contribution in [0.5, 0.6) is 0 Å². The van der Waals surface area contributed by atoms with Crippen molar-refractivity contribution in [3.8, 4) is 0 Å². The SMILES string of the molecule is COC(=O)c1sccc1S(=O)(=O)Nc1ccc(SCc2cccnc2)cc1. The number of nitrogens with one attached hydrogen (secondary N) is 1. The van der Waals surface area contributed by atoms with Gasteiger partial charge in [0.2, 0.25) is 0 Å². The molecule has 140 valence electrons. The number of thiophene rings is 1. The third-order valence-electron chi connectivity index (χ3n) is 3.52. The zero-order valence-electron chi connectivity index (χ0n) is 14.3. The average molecular weight is 421 g/mol. The van der Waals surface area contributed by atoms with E-state index >= 15 is 0 Å². The first kappa shape index (κ1) is 19.4. The molecule has 0 radical (unpaired) electrons. The van der Waals surface area contributed by atoms with E-state index in [0.717, 1.165) is 27.5 Å². The Labute approximate surface area is 165 Å². The minimum absolute atomic E-state index is 0.0497. The number of thioether (sulfide) groups is 1. The Morgan fingerprint density at radius 3 is 2.67 bits per heavy atom. The molecule has 0 saturated heterocycles. The molecule has 0 saturated carbocycles. The zero-order valence-corrected chi connectivity index (χ0v) is 16.7. The van der Waals surface area contributed by atoms with Crippen molar-refractivity contribution in [2.75, 3.05) is 11.8 Å². The van der Waals surface area contributed by atoms with Crippen molar-refractivity contribution >= 4 is 44.8 Å². The molecule has 0 aliphatic carbocycles. The number of ether oxygens (including phenoxy) is 1. The lowest BCUT2D eigenvalue weighted by Gasteiger charge is -2.09. The lowest BCUT2D eigenvalue weighted by atomic mass is 10.3. The van der Waals surface area contributed by atoms with Crippen molar-refractivity contribution in [3.63, 3.8) is 0 Å². The normalized spacial score (nSPS) is 11.1. The minimum Gasteiger partial charge on any atom is -0.465 e. The van der Waals surface area contributed by atoms with Crippen LogP contribution in [0.2, 0.25) is 0 Å². The van der Waals surface area contributed by atoms with Gasteiger partial charge in [-0.15, -0.1) is 23.1 Å². The van der Waals surface area contributed by atoms with Gasteiger partial charge in [-0.1, -0.05) is 6.07 Å². The Morgan fingerprint density at radius 2 is 2.00 bits per heavy atom. The second-order valence-corrected chi connectivity index (χ2v) is 9.00. The van der Waals surface area contributed by atoms with Crippen molar-refractivity contribution in [2.24, 2.45) is 0 Å². The molecule has 1 N–H and O–H groups in total. The maximum absolute atomic E-state index is 12.6. The van der Waals surface area contributed by atoms with Crippen LogP contribution in [0.15, 0.2) is 70.0 Å². The first-order valence-electron chi connectivity index (χ1n) is 7.80. The summed E-state index contributed by atoms with van der Waals surface area (Å²) in [5.41, 5.74) is 1.53. The molecule has 3 aromatic rings. The number of esters is 1. The number of pyridine rings is 1. The van der Waals surface area contributed by atoms with E-state index in [4.69, 9.17) is 0 Å². The molecule has 0 aliphatic rings. The number of carbonyl (C=O) groups is 1. The molecule has 0 atom stereocenters. The number of nitrogens with zero attached hydrogens (tertiary/aromatic N) is 1. The number of hydrogen-bond acceptors (Lipinski definition) is 7. The molecule has 0 bridgehead atoms. The van der Waals surface area contributed by atoms with Crippen LogP contribution in [0.1, 0.15) is 15.2 Å². The topological polar surface area (TPSA) is 85.4 Å². The standard InChI is InChI=1S/C18H16N2O4S3/c1-24-18(21)17-16(8-10-25-17)27(22,23)20-14-4-6-15(7-5-14)26-12-13-3-2-9-19-11-13/h2-11,20H,12H2,1H3. The van der Waals surface area contributed by atoms with E-state index in [1.807, 2.05) is 30.5 Å². The summed E-state index contributed by atoms with van der Waals surface area (Å²) in [4.78, 5) is 16.8. The summed E-state index contributed by atoms with van der Waals surface area (Å²) < 4.78 is 32.3. The van der Waals surface area contributed by atoms with E-state index in [1.165, 1.54) is 13.2 Å². The van der Waals surface area contributed by atoms with Gasteiger partial charge in [0.15, 0.2) is 0 Å². The van der Waals surface area contributed by atoms with Crippen LogP contribution < -0.4 is 4.72 Å². The summed E-state index contributed by atoms with van der Waals surface area (Å²) in [5.74, 6) is 0.101. The van der Waals surface area contributed by atoms with Gasteiger partial charge in [-0.2, -0.15) is 0 Å². The molecule has 2 aromatic heterocycles. The molecular weight excluding hydrogens is 404 g/mol. The van der Waals surface area contributed by atoms with Crippen molar-refractivity contribution < 1.29 is 17.9 Å². The summed E-state index contributed by atoms with van der Waals surface area (Å²) >= 11 is 2.66. The number of methoxy groups -OCH3 is 1. The largest absolute Gasteiger partial charge is 0.465 e. The van der Waals surface area contributed by atoms with Gasteiger partial charge in [-0.25, -0.2) is 13.2 Å². The van der Waals surface area contributed by atoms with E-state index in [-0.39, 0.29) is 9.77 Å². The lowest BCUT2D eigenvalue weighted by Crippen LogP contribution is -2.15. The highest BCUT2D eigenvalue weighted by atomic mass is 32.2. The summed E-state index contributed by atoms with van der Waals surface area (Å²) in [5, 5.41) is 1.54. The quantitative estimate of drug-likeness (QED) is 0.459. The Bertz CT molecular complexity index is 1020. The van der Waals surface area contributed by atoms with Crippen molar-refractivity contribution in [3.05, 3.63) is 70.7 Å². The molecule has 3 rings (SSSR count). The smallest absolute Gasteiger partial charge is 0.349 e. The van der Waals surface area contributed by atoms with Gasteiger partial charge in [0.05, 0.1) is 7.11 Å². The van der Waals surface area contributed by atoms with Crippen LogP contribution in [-0.4, -0.2) is 26.5 Å². The summed E-state index contributed by atoms with van der Waals surface area (Å²) in [6, 6.07) is 12.3. The van der Waals surface area contributed by atoms with Gasteiger partial charge in [0, 0.05) is 28.7 Å². The Balaban J connectivity index is 1.69. The molecule has 6 nitrogen and oxygen atoms in total. The van der Waals surface area contributed by atoms with E-state index in [2.05, 4.69) is 14.4 Å². The van der Waals surface area contributed by atoms with Gasteiger partial charge in [-0.05, 0) is 47.3 Å². The molecule has 0 aliphatic heterocycles. The maximum Gasteiger partial charge on any atom is 0.349 e. The maximum atomic E-state index is 12.6. The summed E-state index contributed by atoms with van der Waals surface area (Å²) in [7, 11) is -2.66. The number of benzene rings is 1. The van der Waals surface area contributed by atoms with Crippen molar-refractivity contribution in [1.82, 2.24) is 4.98 Å². The molecule has 27 heavy (non-hydrogen) atoms. The van der Waals surface area contributed by atoms with Crippen LogP contribution >= 0.6 is 23.1 Å². The fourth-order valence-corrected chi connectivity index (χ4v) is 5.46. The zero-order chi connectivity index (χ0) is 19.3. The third kappa shape index (κ3) is 4.88. The van der Waals surface area contributed by atoms with E-state index < -0.39 is 16.0 Å². The highest BCUT2D eigenvalue weighted by Gasteiger charge is 2.24. The molecule has 1 aromatic carbocycles. The van der Waals surface area contributed by atoms with Gasteiger partial charge < -0.3 is 4.74 Å². The molecule has 9 heteroatoms. The van der Waals surface area contributed by atoms with E-state index in [0.29, 0.717) is 5.69 Å². The number of aromatic nitrogens is 1. The van der Waals surface area contributed by atoms with E-state index in [1.54, 1.807) is 35.5 Å². The summed E-state index contributed by atoms with van der Waals surface area (Å²) in [6.45, 7) is 0. The Morgan fingerprint density at radius 1 is 1.22 bits per heavy atom. The van der Waals surface area contributed by atoms with Crippen molar-refractivity contribution in [2.45, 2.75) is 15.5 Å². The molecule has 0 spiro atoms. The molecule has 0 amide bonds. The first-order valence-corrected chi connectivity index (χ1v) is 11.1. The second kappa shape index (κ2) is 8.55. The molecule has 0 unspecified atom stereocenters. The van der Waals surface area contributed by atoms with Crippen LogP contribution in [0.3, 0.4) is 0 Å². The van der Waals surface area contributed by atoms with Gasteiger partial charge in [0.1, 0.15) is 9.77 Å². The second-order valence-electron chi connectivity index (χ2n) is 5.39. The fourth-order valence-electron chi connectivity index (χ4n) is 2.23. The highest BCUT2D eigenvalue weighted by molar-refractivity contribution is 7.98. The monoisotopic (exact) mass is 420 g/mol. The number of hydrogen-bond donors (Lipinski definition) is 1. The van der Waals surface area contributed by atoms with E-state index in [9.17, 15) is 13.2 Å². The predicted molar refractivity (Wildman–Crippen MR) is 107 cm³/mol. The number of carbonyl (C=O) groups excluding carboxylic acids is 1. The number of sulfonamides is 1. The van der Waals surface area contributed by atoms with Gasteiger partial charge in [0.25, 0.3) is 10.0 Å². The predicted octanol–water partition coefficient (Wildman–Crippen LogP) is 4.02. The highest BCUT2D eigenvalue weighted by Crippen LogP contribution is 2.27. The third-order valence-corrected chi connectivity index (χ3v) is 7.05. The van der Waals surface area contributed by atoms with Crippen LogP contribution in [0.4, 0.5) is 5.69 Å². The first-order chi connectivity index (χ1) is 13.0. The van der Waals surface area contributed by atoms with Crippen molar-refractivity contribution in [1.29, 1.82) is 0 Å². The summed E-state index contributed by atoms with van der Waals surface area (Å²) in [6.07, 6.45) is 3.55. The lowest BCUT2D eigenvalue weighted by molar-refractivity contribution is 0.0602. The number of anilines is 1. The average Bonchev–Trinajstić information content (AvgIpc) is 3.18.